The fourth-order valence-corrected chi connectivity index (χ4v) is 4.59. The van der Waals surface area contributed by atoms with Crippen LogP contribution in [-0.4, -0.2) is 15.5 Å². The quantitative estimate of drug-likeness (QED) is 0.334. The molecule has 0 spiro atoms. The van der Waals surface area contributed by atoms with Crippen LogP contribution in [0.25, 0.3) is 5.69 Å². The Labute approximate surface area is 201 Å². The largest absolute Gasteiger partial charge is 0.416 e. The second-order valence-corrected chi connectivity index (χ2v) is 8.57. The molecule has 1 aromatic heterocycles. The number of alkyl halides is 3. The summed E-state index contributed by atoms with van der Waals surface area (Å²) in [5.41, 5.74) is 4.21. The van der Waals surface area contributed by atoms with E-state index in [0.29, 0.717) is 6.54 Å². The minimum atomic E-state index is -4.49. The lowest BCUT2D eigenvalue weighted by Gasteiger charge is -2.31. The van der Waals surface area contributed by atoms with Gasteiger partial charge in [-0.3, -0.25) is 0 Å². The number of carbonyl (C=O) groups excluding carboxylic acids is 1. The van der Waals surface area contributed by atoms with Gasteiger partial charge >= 0.3 is 12.2 Å². The van der Waals surface area contributed by atoms with Crippen molar-refractivity contribution in [2.24, 2.45) is 0 Å². The van der Waals surface area contributed by atoms with Crippen LogP contribution in [0.15, 0.2) is 91.1 Å². The zero-order valence-electron chi connectivity index (χ0n) is 19.1. The van der Waals surface area contributed by atoms with Gasteiger partial charge in [-0.15, -0.1) is 0 Å². The van der Waals surface area contributed by atoms with Crippen molar-refractivity contribution in [2.75, 3.05) is 5.32 Å². The Morgan fingerprint density at radius 3 is 2.49 bits per heavy atom. The van der Waals surface area contributed by atoms with Gasteiger partial charge in [0.15, 0.2) is 0 Å². The molecule has 4 nitrogen and oxygen atoms in total. The first-order valence-corrected chi connectivity index (χ1v) is 11.4. The van der Waals surface area contributed by atoms with Crippen molar-refractivity contribution in [1.29, 1.82) is 0 Å². The van der Waals surface area contributed by atoms with Crippen LogP contribution in [0.4, 0.5) is 23.7 Å². The maximum Gasteiger partial charge on any atom is 0.416 e. The van der Waals surface area contributed by atoms with Crippen LogP contribution < -0.4 is 5.32 Å². The van der Waals surface area contributed by atoms with Crippen LogP contribution in [0.2, 0.25) is 0 Å². The number of hydrogen-bond acceptors (Lipinski definition) is 1. The third-order valence-electron chi connectivity index (χ3n) is 6.37. The summed E-state index contributed by atoms with van der Waals surface area (Å²) in [5, 5.41) is 2.71. The molecular weight excluding hydrogens is 451 g/mol. The monoisotopic (exact) mass is 475 g/mol. The Morgan fingerprint density at radius 1 is 0.971 bits per heavy atom. The molecule has 0 saturated carbocycles. The maximum absolute atomic E-state index is 13.7. The van der Waals surface area contributed by atoms with Gasteiger partial charge < -0.3 is 14.8 Å². The maximum atomic E-state index is 13.7. The number of aromatic nitrogens is 1. The van der Waals surface area contributed by atoms with Gasteiger partial charge in [0, 0.05) is 17.6 Å². The fraction of sp³-hybridized carbons (Fsp3) is 0.179. The molecule has 1 atom stereocenters. The molecule has 3 aromatic carbocycles. The summed E-state index contributed by atoms with van der Waals surface area (Å²) in [6, 6.07) is 23.7. The van der Waals surface area contributed by atoms with E-state index >= 15 is 0 Å². The van der Waals surface area contributed by atoms with E-state index in [1.807, 2.05) is 66.9 Å². The molecular formula is C28H24F3N3O. The summed E-state index contributed by atoms with van der Waals surface area (Å²) < 4.78 is 41.8. The summed E-state index contributed by atoms with van der Waals surface area (Å²) >= 11 is 0. The van der Waals surface area contributed by atoms with Gasteiger partial charge in [-0.25, -0.2) is 4.79 Å². The van der Waals surface area contributed by atoms with Crippen LogP contribution in [-0.2, 0) is 19.1 Å². The molecule has 1 N–H and O–H groups in total. The number of nitrogens with one attached hydrogen (secondary N) is 1. The lowest BCUT2D eigenvalue weighted by Crippen LogP contribution is -2.38. The topological polar surface area (TPSA) is 37.3 Å². The minimum absolute atomic E-state index is 0.0952. The minimum Gasteiger partial charge on any atom is -0.318 e. The Morgan fingerprint density at radius 2 is 1.74 bits per heavy atom. The Kier molecular flexibility index (Phi) is 5.84. The second-order valence-electron chi connectivity index (χ2n) is 8.57. The zero-order valence-corrected chi connectivity index (χ0v) is 19.1. The number of hydrogen-bond donors (Lipinski definition) is 1. The van der Waals surface area contributed by atoms with Crippen LogP contribution in [0.1, 0.15) is 40.9 Å². The Bertz CT molecular complexity index is 1360. The van der Waals surface area contributed by atoms with Gasteiger partial charge in [0.05, 0.1) is 23.8 Å². The predicted octanol–water partition coefficient (Wildman–Crippen LogP) is 7.20. The third-order valence-corrected chi connectivity index (χ3v) is 6.37. The van der Waals surface area contributed by atoms with Crippen molar-refractivity contribution in [3.8, 4) is 5.69 Å². The molecule has 2 amide bonds. The van der Waals surface area contributed by atoms with Crippen LogP contribution >= 0.6 is 0 Å². The van der Waals surface area contributed by atoms with Gasteiger partial charge in [0.1, 0.15) is 0 Å². The van der Waals surface area contributed by atoms with Gasteiger partial charge in [0.2, 0.25) is 0 Å². The molecule has 5 rings (SSSR count). The normalized spacial score (nSPS) is 15.2. The number of aryl methyl sites for hydroxylation is 1. The van der Waals surface area contributed by atoms with Crippen LogP contribution in [0.5, 0.6) is 0 Å². The summed E-state index contributed by atoms with van der Waals surface area (Å²) in [4.78, 5) is 15.3. The number of benzene rings is 3. The number of fused-ring (bicyclic) bond motifs is 3. The summed E-state index contributed by atoms with van der Waals surface area (Å²) in [6.45, 7) is 2.38. The summed E-state index contributed by atoms with van der Waals surface area (Å²) in [5.74, 6) is 0. The molecule has 0 bridgehead atoms. The SMILES string of the molecule is CCc1ccc([C@H]2c3cccn3-c3ccccc3CN2C(=O)Nc2cccc(C(F)(F)F)c2)cc1. The molecule has 2 heterocycles. The molecule has 1 aliphatic rings. The number of carbonyl (C=O) groups is 1. The second kappa shape index (κ2) is 8.98. The van der Waals surface area contributed by atoms with E-state index in [1.165, 1.54) is 17.7 Å². The molecule has 7 heteroatoms. The van der Waals surface area contributed by atoms with Crippen molar-refractivity contribution >= 4 is 11.7 Å². The van der Waals surface area contributed by atoms with Crippen molar-refractivity contribution in [2.45, 2.75) is 32.1 Å². The number of anilines is 1. The summed E-state index contributed by atoms with van der Waals surface area (Å²) in [6.07, 6.45) is -1.63. The zero-order chi connectivity index (χ0) is 24.6. The van der Waals surface area contributed by atoms with Crippen LogP contribution in [0.3, 0.4) is 0 Å². The average Bonchev–Trinajstić information content (AvgIpc) is 3.28. The average molecular weight is 476 g/mol. The number of urea groups is 1. The van der Waals surface area contributed by atoms with Crippen molar-refractivity contribution in [1.82, 2.24) is 9.47 Å². The lowest BCUT2D eigenvalue weighted by atomic mass is 10.00. The number of rotatable bonds is 3. The number of para-hydroxylation sites is 1. The molecule has 178 valence electrons. The molecule has 0 aliphatic carbocycles. The van der Waals surface area contributed by atoms with E-state index in [4.69, 9.17) is 0 Å². The molecule has 35 heavy (non-hydrogen) atoms. The third kappa shape index (κ3) is 4.41. The number of amides is 2. The highest BCUT2D eigenvalue weighted by molar-refractivity contribution is 5.90. The smallest absolute Gasteiger partial charge is 0.318 e. The lowest BCUT2D eigenvalue weighted by molar-refractivity contribution is -0.137. The standard InChI is InChI=1S/C28H24F3N3O/c1-2-19-12-14-20(15-13-19)26-25-11-6-16-33(25)24-10-4-3-7-21(24)18-34(26)27(35)32-23-9-5-8-22(17-23)28(29,30)31/h3-17,26H,2,18H2,1H3,(H,32,35)/t26-/m0/s1. The molecule has 1 aliphatic heterocycles. The van der Waals surface area contributed by atoms with E-state index in [2.05, 4.69) is 16.8 Å². The first-order valence-electron chi connectivity index (χ1n) is 11.4. The number of nitrogens with zero attached hydrogens (tertiary/aromatic N) is 2. The van der Waals surface area contributed by atoms with Crippen molar-refractivity contribution in [3.63, 3.8) is 0 Å². The fourth-order valence-electron chi connectivity index (χ4n) is 4.59. The molecule has 0 fully saturated rings. The highest BCUT2D eigenvalue weighted by Crippen LogP contribution is 2.37. The van der Waals surface area contributed by atoms with Gasteiger partial charge in [-0.1, -0.05) is 55.5 Å². The van der Waals surface area contributed by atoms with E-state index in [-0.39, 0.29) is 5.69 Å². The van der Waals surface area contributed by atoms with Gasteiger partial charge in [-0.2, -0.15) is 13.2 Å². The summed E-state index contributed by atoms with van der Waals surface area (Å²) in [7, 11) is 0. The van der Waals surface area contributed by atoms with E-state index in [9.17, 15) is 18.0 Å². The highest BCUT2D eigenvalue weighted by atomic mass is 19.4. The van der Waals surface area contributed by atoms with Gasteiger partial charge in [-0.05, 0) is 59.5 Å². The van der Waals surface area contributed by atoms with E-state index in [0.717, 1.165) is 41.1 Å². The molecule has 0 radical (unpaired) electrons. The first-order chi connectivity index (χ1) is 16.8. The Balaban J connectivity index is 1.58. The highest BCUT2D eigenvalue weighted by Gasteiger charge is 2.34. The number of halogens is 3. The molecule has 0 saturated heterocycles. The predicted molar refractivity (Wildman–Crippen MR) is 129 cm³/mol. The van der Waals surface area contributed by atoms with Gasteiger partial charge in [0.25, 0.3) is 0 Å². The van der Waals surface area contributed by atoms with Crippen molar-refractivity contribution < 1.29 is 18.0 Å². The van der Waals surface area contributed by atoms with E-state index in [1.54, 1.807) is 4.90 Å². The van der Waals surface area contributed by atoms with Crippen LogP contribution in [0, 0.1) is 0 Å². The first kappa shape index (κ1) is 22.8. The molecule has 4 aromatic rings. The Hall–Kier alpha value is -4.00. The van der Waals surface area contributed by atoms with E-state index < -0.39 is 23.8 Å². The molecule has 0 unspecified atom stereocenters. The van der Waals surface area contributed by atoms with Crippen molar-refractivity contribution in [3.05, 3.63) is 119 Å².